The van der Waals surface area contributed by atoms with Crippen LogP contribution in [0.3, 0.4) is 0 Å². The topological polar surface area (TPSA) is 37.8 Å². The predicted octanol–water partition coefficient (Wildman–Crippen LogP) is 3.72. The smallest absolute Gasteiger partial charge is 0.0712 e. The van der Waals surface area contributed by atoms with Crippen LogP contribution in [0.2, 0.25) is 0 Å². The van der Waals surface area contributed by atoms with Crippen LogP contribution in [0.1, 0.15) is 24.4 Å². The van der Waals surface area contributed by atoms with Crippen LogP contribution in [-0.4, -0.2) is 16.5 Å². The summed E-state index contributed by atoms with van der Waals surface area (Å²) in [7, 11) is 0. The summed E-state index contributed by atoms with van der Waals surface area (Å²) in [4.78, 5) is 8.96. The zero-order valence-corrected chi connectivity index (χ0v) is 11.8. The number of aromatic nitrogens is 2. The second-order valence-electron chi connectivity index (χ2n) is 5.53. The molecular weight excluding hydrogens is 258 g/mol. The Balaban J connectivity index is 1.84. The van der Waals surface area contributed by atoms with Gasteiger partial charge in [-0.25, -0.2) is 0 Å². The first-order valence-corrected chi connectivity index (χ1v) is 7.44. The van der Waals surface area contributed by atoms with Crippen LogP contribution in [0.5, 0.6) is 0 Å². The molecule has 4 rings (SSSR count). The van der Waals surface area contributed by atoms with Crippen molar-refractivity contribution in [3.63, 3.8) is 0 Å². The minimum atomic E-state index is 0.405. The van der Waals surface area contributed by atoms with E-state index < -0.39 is 0 Å². The number of hydrogen-bond donors (Lipinski definition) is 1. The van der Waals surface area contributed by atoms with Gasteiger partial charge in [0.2, 0.25) is 0 Å². The fourth-order valence-corrected chi connectivity index (χ4v) is 3.10. The van der Waals surface area contributed by atoms with Crippen molar-refractivity contribution in [2.45, 2.75) is 18.9 Å². The molecular formula is C18H17N3. The fraction of sp³-hybridized carbons (Fsp3) is 0.222. The van der Waals surface area contributed by atoms with E-state index in [0.29, 0.717) is 6.04 Å². The minimum Gasteiger partial charge on any atom is -0.310 e. The first-order valence-electron chi connectivity index (χ1n) is 7.44. The molecule has 1 fully saturated rings. The molecule has 1 N–H and O–H groups in total. The molecule has 1 aliphatic rings. The highest BCUT2D eigenvalue weighted by Crippen LogP contribution is 2.31. The standard InChI is InChI=1S/C18H17N3/c1-2-5-14-11-21-18(10-13(14)4-1)15-7-9-19-12-16(15)17-6-3-8-20-17/h1-2,4-5,7,9-12,17,20H,3,6,8H2/t17-/m0/s1. The second-order valence-corrected chi connectivity index (χ2v) is 5.53. The van der Waals surface area contributed by atoms with Crippen molar-refractivity contribution in [2.24, 2.45) is 0 Å². The van der Waals surface area contributed by atoms with Gasteiger partial charge in [-0.1, -0.05) is 24.3 Å². The molecule has 0 radical (unpaired) electrons. The Bertz CT molecular complexity index is 776. The summed E-state index contributed by atoms with van der Waals surface area (Å²) in [6.07, 6.45) is 8.19. The van der Waals surface area contributed by atoms with E-state index in [0.717, 1.165) is 12.2 Å². The summed E-state index contributed by atoms with van der Waals surface area (Å²) in [6.45, 7) is 1.09. The quantitative estimate of drug-likeness (QED) is 0.774. The van der Waals surface area contributed by atoms with Crippen LogP contribution in [0.15, 0.2) is 55.0 Å². The van der Waals surface area contributed by atoms with E-state index >= 15 is 0 Å². The zero-order valence-electron chi connectivity index (χ0n) is 11.8. The highest BCUT2D eigenvalue weighted by Gasteiger charge is 2.20. The predicted molar refractivity (Wildman–Crippen MR) is 85.0 cm³/mol. The largest absolute Gasteiger partial charge is 0.310 e. The van der Waals surface area contributed by atoms with E-state index in [4.69, 9.17) is 0 Å². The van der Waals surface area contributed by atoms with Crippen molar-refractivity contribution < 1.29 is 0 Å². The first-order chi connectivity index (χ1) is 10.4. The molecule has 0 bridgehead atoms. The molecule has 3 aromatic rings. The molecule has 1 aromatic carbocycles. The number of pyridine rings is 2. The van der Waals surface area contributed by atoms with Crippen LogP contribution in [-0.2, 0) is 0 Å². The summed E-state index contributed by atoms with van der Waals surface area (Å²) < 4.78 is 0. The molecule has 1 saturated heterocycles. The van der Waals surface area contributed by atoms with Gasteiger partial charge in [-0.05, 0) is 42.5 Å². The Morgan fingerprint density at radius 1 is 1.05 bits per heavy atom. The normalized spacial score (nSPS) is 18.2. The third kappa shape index (κ3) is 2.30. The van der Waals surface area contributed by atoms with Crippen LogP contribution < -0.4 is 5.32 Å². The number of fused-ring (bicyclic) bond motifs is 1. The molecule has 3 heteroatoms. The fourth-order valence-electron chi connectivity index (χ4n) is 3.10. The van der Waals surface area contributed by atoms with E-state index in [1.165, 1.54) is 34.7 Å². The highest BCUT2D eigenvalue weighted by atomic mass is 14.9. The zero-order chi connectivity index (χ0) is 14.1. The summed E-state index contributed by atoms with van der Waals surface area (Å²) in [6, 6.07) is 13.0. The molecule has 0 unspecified atom stereocenters. The van der Waals surface area contributed by atoms with Crippen molar-refractivity contribution in [3.8, 4) is 11.3 Å². The van der Waals surface area contributed by atoms with E-state index in [-0.39, 0.29) is 0 Å². The van der Waals surface area contributed by atoms with Gasteiger partial charge in [0, 0.05) is 35.6 Å². The average Bonchev–Trinajstić information content (AvgIpc) is 3.09. The minimum absolute atomic E-state index is 0.405. The Morgan fingerprint density at radius 2 is 1.95 bits per heavy atom. The van der Waals surface area contributed by atoms with Crippen molar-refractivity contribution in [3.05, 3.63) is 60.6 Å². The van der Waals surface area contributed by atoms with E-state index in [1.54, 1.807) is 0 Å². The van der Waals surface area contributed by atoms with Crippen molar-refractivity contribution in [1.29, 1.82) is 0 Å². The molecule has 1 atom stereocenters. The van der Waals surface area contributed by atoms with Crippen LogP contribution in [0.4, 0.5) is 0 Å². The summed E-state index contributed by atoms with van der Waals surface area (Å²) in [5.41, 5.74) is 3.48. The SMILES string of the molecule is c1ccc2cc(-c3ccncc3[C@@H]3CCCN3)ncc2c1. The average molecular weight is 275 g/mol. The van der Waals surface area contributed by atoms with E-state index in [1.807, 2.05) is 24.7 Å². The number of nitrogens with one attached hydrogen (secondary N) is 1. The Labute approximate surface area is 124 Å². The molecule has 2 aromatic heterocycles. The Morgan fingerprint density at radius 3 is 2.81 bits per heavy atom. The van der Waals surface area contributed by atoms with Gasteiger partial charge in [0.1, 0.15) is 0 Å². The third-order valence-electron chi connectivity index (χ3n) is 4.19. The van der Waals surface area contributed by atoms with Crippen molar-refractivity contribution in [1.82, 2.24) is 15.3 Å². The molecule has 21 heavy (non-hydrogen) atoms. The summed E-state index contributed by atoms with van der Waals surface area (Å²) in [5, 5.41) is 5.96. The lowest BCUT2D eigenvalue weighted by molar-refractivity contribution is 0.646. The lowest BCUT2D eigenvalue weighted by Gasteiger charge is -2.15. The lowest BCUT2D eigenvalue weighted by Crippen LogP contribution is -2.14. The van der Waals surface area contributed by atoms with Gasteiger partial charge in [-0.2, -0.15) is 0 Å². The highest BCUT2D eigenvalue weighted by molar-refractivity contribution is 5.85. The van der Waals surface area contributed by atoms with Crippen LogP contribution >= 0.6 is 0 Å². The maximum atomic E-state index is 4.65. The molecule has 0 saturated carbocycles. The summed E-state index contributed by atoms with van der Waals surface area (Å²) >= 11 is 0. The van der Waals surface area contributed by atoms with Gasteiger partial charge in [0.05, 0.1) is 5.69 Å². The second kappa shape index (κ2) is 5.26. The Kier molecular flexibility index (Phi) is 3.13. The molecule has 3 nitrogen and oxygen atoms in total. The molecule has 104 valence electrons. The summed E-state index contributed by atoms with van der Waals surface area (Å²) in [5.74, 6) is 0. The number of nitrogens with zero attached hydrogens (tertiary/aromatic N) is 2. The first kappa shape index (κ1) is 12.5. The molecule has 0 spiro atoms. The van der Waals surface area contributed by atoms with Gasteiger partial charge in [-0.3, -0.25) is 9.97 Å². The van der Waals surface area contributed by atoms with Gasteiger partial charge in [0.25, 0.3) is 0 Å². The molecule has 0 aliphatic carbocycles. The number of rotatable bonds is 2. The number of hydrogen-bond acceptors (Lipinski definition) is 3. The van der Waals surface area contributed by atoms with E-state index in [2.05, 4.69) is 45.6 Å². The monoisotopic (exact) mass is 275 g/mol. The van der Waals surface area contributed by atoms with E-state index in [9.17, 15) is 0 Å². The maximum absolute atomic E-state index is 4.65. The van der Waals surface area contributed by atoms with Gasteiger partial charge in [0.15, 0.2) is 0 Å². The van der Waals surface area contributed by atoms with Crippen LogP contribution in [0, 0.1) is 0 Å². The maximum Gasteiger partial charge on any atom is 0.0712 e. The molecule has 0 amide bonds. The third-order valence-corrected chi connectivity index (χ3v) is 4.19. The molecule has 1 aliphatic heterocycles. The van der Waals surface area contributed by atoms with Gasteiger partial charge < -0.3 is 5.32 Å². The van der Waals surface area contributed by atoms with Gasteiger partial charge in [-0.15, -0.1) is 0 Å². The van der Waals surface area contributed by atoms with Crippen LogP contribution in [0.25, 0.3) is 22.0 Å². The Hall–Kier alpha value is -2.26. The van der Waals surface area contributed by atoms with Gasteiger partial charge >= 0.3 is 0 Å². The molecule has 3 heterocycles. The lowest BCUT2D eigenvalue weighted by atomic mass is 9.98. The van der Waals surface area contributed by atoms with Crippen molar-refractivity contribution in [2.75, 3.05) is 6.54 Å². The van der Waals surface area contributed by atoms with Crippen molar-refractivity contribution >= 4 is 10.8 Å². The number of benzene rings is 1.